The second kappa shape index (κ2) is 7.28. The van der Waals surface area contributed by atoms with Gasteiger partial charge in [-0.2, -0.15) is 0 Å². The molecular formula is C18H19BrN2O4S. The molecule has 8 heteroatoms. The number of anilines is 2. The smallest absolute Gasteiger partial charge is 0.264 e. The van der Waals surface area contributed by atoms with Gasteiger partial charge in [0.15, 0.2) is 0 Å². The van der Waals surface area contributed by atoms with E-state index in [1.807, 2.05) is 6.07 Å². The van der Waals surface area contributed by atoms with Crippen molar-refractivity contribution in [2.75, 3.05) is 23.3 Å². The summed E-state index contributed by atoms with van der Waals surface area (Å²) in [6.45, 7) is 2.26. The fourth-order valence-electron chi connectivity index (χ4n) is 2.98. The van der Waals surface area contributed by atoms with Gasteiger partial charge < -0.3 is 9.64 Å². The number of carbonyl (C=O) groups excluding carboxylic acids is 1. The quantitative estimate of drug-likeness (QED) is 0.773. The van der Waals surface area contributed by atoms with Crippen LogP contribution in [0.2, 0.25) is 0 Å². The summed E-state index contributed by atoms with van der Waals surface area (Å²) in [6.07, 6.45) is 0.951. The zero-order valence-electron chi connectivity index (χ0n) is 14.5. The van der Waals surface area contributed by atoms with Crippen molar-refractivity contribution in [2.45, 2.75) is 24.7 Å². The van der Waals surface area contributed by atoms with E-state index in [-0.39, 0.29) is 10.8 Å². The van der Waals surface area contributed by atoms with E-state index in [0.29, 0.717) is 41.0 Å². The number of hydrogen-bond acceptors (Lipinski definition) is 4. The lowest BCUT2D eigenvalue weighted by Gasteiger charge is -2.20. The van der Waals surface area contributed by atoms with E-state index in [2.05, 4.69) is 20.7 Å². The Labute approximate surface area is 161 Å². The van der Waals surface area contributed by atoms with Gasteiger partial charge in [-0.05, 0) is 48.4 Å². The Morgan fingerprint density at radius 2 is 1.96 bits per heavy atom. The normalized spacial score (nSPS) is 13.4. The molecule has 0 radical (unpaired) electrons. The van der Waals surface area contributed by atoms with Crippen LogP contribution in [0.25, 0.3) is 0 Å². The Morgan fingerprint density at radius 3 is 2.58 bits per heavy atom. The second-order valence-corrected chi connectivity index (χ2v) is 8.46. The number of fused-ring (bicyclic) bond motifs is 1. The zero-order chi connectivity index (χ0) is 18.9. The largest absolute Gasteiger partial charge is 0.497 e. The number of nitrogens with one attached hydrogen (secondary N) is 1. The highest BCUT2D eigenvalue weighted by Crippen LogP contribution is 2.38. The Morgan fingerprint density at radius 1 is 1.27 bits per heavy atom. The van der Waals surface area contributed by atoms with Crippen molar-refractivity contribution >= 4 is 43.2 Å². The molecule has 26 heavy (non-hydrogen) atoms. The number of benzene rings is 2. The third-order valence-electron chi connectivity index (χ3n) is 4.23. The van der Waals surface area contributed by atoms with Crippen molar-refractivity contribution in [1.82, 2.24) is 0 Å². The molecule has 2 aromatic rings. The molecule has 0 fully saturated rings. The van der Waals surface area contributed by atoms with Crippen molar-refractivity contribution in [3.8, 4) is 5.75 Å². The van der Waals surface area contributed by atoms with E-state index in [0.717, 1.165) is 5.56 Å². The van der Waals surface area contributed by atoms with E-state index >= 15 is 0 Å². The maximum absolute atomic E-state index is 13.0. The first-order valence-corrected chi connectivity index (χ1v) is 10.4. The summed E-state index contributed by atoms with van der Waals surface area (Å²) in [7, 11) is -2.33. The van der Waals surface area contributed by atoms with E-state index in [9.17, 15) is 13.2 Å². The van der Waals surface area contributed by atoms with E-state index < -0.39 is 10.0 Å². The monoisotopic (exact) mass is 438 g/mol. The summed E-state index contributed by atoms with van der Waals surface area (Å²) in [5, 5.41) is 0. The highest BCUT2D eigenvalue weighted by molar-refractivity contribution is 9.10. The average molecular weight is 439 g/mol. The first kappa shape index (κ1) is 18.7. The van der Waals surface area contributed by atoms with Gasteiger partial charge in [-0.3, -0.25) is 9.52 Å². The summed E-state index contributed by atoms with van der Waals surface area (Å²) in [6, 6.07) is 10.0. The van der Waals surface area contributed by atoms with E-state index in [1.165, 1.54) is 6.07 Å². The summed E-state index contributed by atoms with van der Waals surface area (Å²) < 4.78 is 34.4. The van der Waals surface area contributed by atoms with Gasteiger partial charge in [-0.15, -0.1) is 0 Å². The predicted octanol–water partition coefficient (Wildman–Crippen LogP) is 3.56. The highest BCUT2D eigenvalue weighted by Gasteiger charge is 2.32. The molecule has 138 valence electrons. The minimum absolute atomic E-state index is 0.0908. The molecular weight excluding hydrogens is 420 g/mol. The standard InChI is InChI=1S/C18H19BrN2O4S/c1-3-17(22)21-9-8-12-10-13(19)11-16(18(12)21)26(23,24)20-14-4-6-15(25-2)7-5-14/h4-7,10-11,20H,3,8-9H2,1-2H3. The lowest BCUT2D eigenvalue weighted by Crippen LogP contribution is -2.29. The average Bonchev–Trinajstić information content (AvgIpc) is 3.04. The maximum atomic E-state index is 13.0. The number of hydrogen-bond donors (Lipinski definition) is 1. The van der Waals surface area contributed by atoms with Gasteiger partial charge in [0.05, 0.1) is 12.8 Å². The van der Waals surface area contributed by atoms with E-state index in [4.69, 9.17) is 4.74 Å². The number of rotatable bonds is 5. The van der Waals surface area contributed by atoms with E-state index in [1.54, 1.807) is 43.2 Å². The zero-order valence-corrected chi connectivity index (χ0v) is 16.9. The van der Waals surface area contributed by atoms with Gasteiger partial charge in [-0.25, -0.2) is 8.42 Å². The number of halogens is 1. The van der Waals surface area contributed by atoms with Crippen LogP contribution in [-0.4, -0.2) is 28.0 Å². The van der Waals surface area contributed by atoms with Crippen LogP contribution in [0.1, 0.15) is 18.9 Å². The molecule has 2 aromatic carbocycles. The van der Waals surface area contributed by atoms with Crippen molar-refractivity contribution < 1.29 is 17.9 Å². The van der Waals surface area contributed by atoms with Crippen LogP contribution in [0.5, 0.6) is 5.75 Å². The Hall–Kier alpha value is -2.06. The van der Waals surface area contributed by atoms with Gasteiger partial charge in [0.1, 0.15) is 10.6 Å². The SMILES string of the molecule is CCC(=O)N1CCc2cc(Br)cc(S(=O)(=O)Nc3ccc(OC)cc3)c21. The fraction of sp³-hybridized carbons (Fsp3) is 0.278. The minimum atomic E-state index is -3.87. The highest BCUT2D eigenvalue weighted by atomic mass is 79.9. The van der Waals surface area contributed by atoms with Crippen LogP contribution in [-0.2, 0) is 21.2 Å². The Balaban J connectivity index is 2.03. The van der Waals surface area contributed by atoms with Gasteiger partial charge in [0.25, 0.3) is 10.0 Å². The van der Waals surface area contributed by atoms with Crippen LogP contribution in [0, 0.1) is 0 Å². The molecule has 1 heterocycles. The van der Waals surface area contributed by atoms with Crippen LogP contribution < -0.4 is 14.4 Å². The fourth-order valence-corrected chi connectivity index (χ4v) is 4.97. The van der Waals surface area contributed by atoms with Crippen LogP contribution in [0.3, 0.4) is 0 Å². The number of nitrogens with zero attached hydrogens (tertiary/aromatic N) is 1. The molecule has 0 bridgehead atoms. The van der Waals surface area contributed by atoms with Crippen molar-refractivity contribution in [1.29, 1.82) is 0 Å². The molecule has 0 saturated heterocycles. The van der Waals surface area contributed by atoms with Gasteiger partial charge >= 0.3 is 0 Å². The molecule has 1 N–H and O–H groups in total. The number of sulfonamides is 1. The molecule has 1 aliphatic rings. The van der Waals surface area contributed by atoms with Gasteiger partial charge in [-0.1, -0.05) is 22.9 Å². The number of carbonyl (C=O) groups is 1. The number of amides is 1. The molecule has 0 aliphatic carbocycles. The molecule has 1 amide bonds. The van der Waals surface area contributed by atoms with Crippen LogP contribution >= 0.6 is 15.9 Å². The van der Waals surface area contributed by atoms with Crippen molar-refractivity contribution in [3.05, 3.63) is 46.4 Å². The summed E-state index contributed by atoms with van der Waals surface area (Å²) in [5.41, 5.74) is 1.74. The second-order valence-electron chi connectivity index (χ2n) is 5.89. The molecule has 0 spiro atoms. The Bertz CT molecular complexity index is 942. The topological polar surface area (TPSA) is 75.7 Å². The number of methoxy groups -OCH3 is 1. The molecule has 0 saturated carbocycles. The summed E-state index contributed by atoms with van der Waals surface area (Å²) >= 11 is 3.37. The molecule has 0 unspecified atom stereocenters. The molecule has 6 nitrogen and oxygen atoms in total. The first-order valence-electron chi connectivity index (χ1n) is 8.15. The van der Waals surface area contributed by atoms with Gasteiger partial charge in [0.2, 0.25) is 5.91 Å². The summed E-state index contributed by atoms with van der Waals surface area (Å²) in [4.78, 5) is 13.9. The summed E-state index contributed by atoms with van der Waals surface area (Å²) in [5.74, 6) is 0.544. The molecule has 1 aliphatic heterocycles. The van der Waals surface area contributed by atoms with Crippen molar-refractivity contribution in [3.63, 3.8) is 0 Å². The predicted molar refractivity (Wildman–Crippen MR) is 104 cm³/mol. The Kier molecular flexibility index (Phi) is 5.24. The van der Waals surface area contributed by atoms with Crippen LogP contribution in [0.4, 0.5) is 11.4 Å². The molecule has 0 atom stereocenters. The molecule has 0 aromatic heterocycles. The maximum Gasteiger partial charge on any atom is 0.264 e. The van der Waals surface area contributed by atoms with Gasteiger partial charge in [0, 0.05) is 23.1 Å². The lowest BCUT2D eigenvalue weighted by molar-refractivity contribution is -0.118. The first-order chi connectivity index (χ1) is 12.4. The van der Waals surface area contributed by atoms with Crippen LogP contribution in [0.15, 0.2) is 45.8 Å². The number of ether oxygens (including phenoxy) is 1. The molecule has 3 rings (SSSR count). The lowest BCUT2D eigenvalue weighted by atomic mass is 10.2. The third-order valence-corrected chi connectivity index (χ3v) is 6.08. The van der Waals surface area contributed by atoms with Crippen molar-refractivity contribution in [2.24, 2.45) is 0 Å². The third kappa shape index (κ3) is 3.57. The minimum Gasteiger partial charge on any atom is -0.497 e.